The van der Waals surface area contributed by atoms with E-state index in [4.69, 9.17) is 15.6 Å². The average molecular weight is 404 g/mol. The first-order valence-corrected chi connectivity index (χ1v) is 10.2. The molecule has 2 atom stereocenters. The molecule has 1 unspecified atom stereocenters. The number of ether oxygens (including phenoxy) is 1. The van der Waals surface area contributed by atoms with Crippen LogP contribution in [0.15, 0.2) is 30.7 Å². The molecular weight excluding hydrogens is 380 g/mol. The summed E-state index contributed by atoms with van der Waals surface area (Å²) >= 11 is 0. The van der Waals surface area contributed by atoms with E-state index in [-0.39, 0.29) is 17.5 Å². The normalized spacial score (nSPS) is 22.1. The van der Waals surface area contributed by atoms with Crippen molar-refractivity contribution in [2.45, 2.75) is 38.0 Å². The van der Waals surface area contributed by atoms with Gasteiger partial charge in [-0.05, 0) is 25.0 Å². The maximum Gasteiger partial charge on any atom is 0.141 e. The zero-order valence-corrected chi connectivity index (χ0v) is 16.9. The predicted molar refractivity (Wildman–Crippen MR) is 110 cm³/mol. The standard InChI is InChI=1S/C21H24N8O/c1-2-17(20-24-4-5-25-20)28-6-3-21(13-28)18-10-16(27-29(18)7-8-30-21)15-9-14(11-22)19(23)26-12-15/h4-5,9-10,12,17H,2-3,6-8,13H2,1H3,(H2,23,26)(H,24,25)/t17?,21-/m1/s1. The highest BCUT2D eigenvalue weighted by Gasteiger charge is 2.47. The number of imidazole rings is 1. The molecule has 5 rings (SSSR count). The minimum absolute atomic E-state index is 0.236. The Balaban J connectivity index is 1.47. The van der Waals surface area contributed by atoms with Crippen molar-refractivity contribution in [2.24, 2.45) is 0 Å². The molecule has 154 valence electrons. The highest BCUT2D eigenvalue weighted by Crippen LogP contribution is 2.42. The van der Waals surface area contributed by atoms with Crippen LogP contribution >= 0.6 is 0 Å². The Bertz CT molecular complexity index is 1100. The molecule has 9 nitrogen and oxygen atoms in total. The summed E-state index contributed by atoms with van der Waals surface area (Å²) in [4.78, 5) is 14.3. The molecule has 5 heterocycles. The monoisotopic (exact) mass is 404 g/mol. The molecule has 3 aromatic heterocycles. The lowest BCUT2D eigenvalue weighted by Crippen LogP contribution is -2.41. The van der Waals surface area contributed by atoms with Crippen LogP contribution in [0.2, 0.25) is 0 Å². The van der Waals surface area contributed by atoms with Crippen molar-refractivity contribution in [1.29, 1.82) is 5.26 Å². The number of aromatic nitrogens is 5. The molecule has 30 heavy (non-hydrogen) atoms. The third kappa shape index (κ3) is 2.96. The zero-order valence-electron chi connectivity index (χ0n) is 16.9. The number of nitrogens with zero attached hydrogens (tertiary/aromatic N) is 6. The smallest absolute Gasteiger partial charge is 0.141 e. The van der Waals surface area contributed by atoms with Crippen molar-refractivity contribution < 1.29 is 4.74 Å². The number of aromatic amines is 1. The van der Waals surface area contributed by atoms with Crippen molar-refractivity contribution in [3.05, 3.63) is 47.8 Å². The van der Waals surface area contributed by atoms with Crippen molar-refractivity contribution in [3.8, 4) is 17.3 Å². The topological polar surface area (TPSA) is 122 Å². The Morgan fingerprint density at radius 3 is 3.03 bits per heavy atom. The first-order valence-electron chi connectivity index (χ1n) is 10.2. The number of hydrogen-bond acceptors (Lipinski definition) is 7. The molecule has 0 saturated carbocycles. The Kier molecular flexibility index (Phi) is 4.53. The summed E-state index contributed by atoms with van der Waals surface area (Å²) in [6.45, 7) is 5.24. The van der Waals surface area contributed by atoms with Gasteiger partial charge in [-0.3, -0.25) is 9.58 Å². The van der Waals surface area contributed by atoms with E-state index in [1.807, 2.05) is 10.9 Å². The van der Waals surface area contributed by atoms with Crippen molar-refractivity contribution in [1.82, 2.24) is 29.6 Å². The second kappa shape index (κ2) is 7.23. The van der Waals surface area contributed by atoms with Gasteiger partial charge < -0.3 is 15.5 Å². The molecular formula is C21H24N8O. The molecule has 1 spiro atoms. The van der Waals surface area contributed by atoms with E-state index < -0.39 is 0 Å². The second-order valence-corrected chi connectivity index (χ2v) is 7.87. The summed E-state index contributed by atoms with van der Waals surface area (Å²) < 4.78 is 8.43. The molecule has 0 aromatic carbocycles. The summed E-state index contributed by atoms with van der Waals surface area (Å²) in [6, 6.07) is 6.15. The lowest BCUT2D eigenvalue weighted by molar-refractivity contribution is -0.0742. The number of H-pyrrole nitrogens is 1. The number of likely N-dealkylation sites (tertiary alicyclic amines) is 1. The molecule has 0 radical (unpaired) electrons. The minimum atomic E-state index is -0.386. The van der Waals surface area contributed by atoms with Crippen LogP contribution in [-0.4, -0.2) is 49.3 Å². The van der Waals surface area contributed by atoms with Gasteiger partial charge in [-0.15, -0.1) is 0 Å². The number of nitrogen functional groups attached to an aromatic ring is 1. The van der Waals surface area contributed by atoms with Gasteiger partial charge in [0.2, 0.25) is 0 Å². The quantitative estimate of drug-likeness (QED) is 0.683. The molecule has 1 saturated heterocycles. The van der Waals surface area contributed by atoms with E-state index in [9.17, 15) is 5.26 Å². The van der Waals surface area contributed by atoms with Crippen LogP contribution in [0.25, 0.3) is 11.3 Å². The van der Waals surface area contributed by atoms with Crippen LogP contribution in [0, 0.1) is 11.3 Å². The number of hydrogen-bond donors (Lipinski definition) is 2. The summed E-state index contributed by atoms with van der Waals surface area (Å²) in [7, 11) is 0. The number of pyridine rings is 1. The SMILES string of the molecule is CCC(c1ncc[nH]1)N1CC[C@]2(C1)OCCn1nc(-c3cnc(N)c(C#N)c3)cc12. The third-order valence-electron chi connectivity index (χ3n) is 6.19. The van der Waals surface area contributed by atoms with Gasteiger partial charge in [0.05, 0.1) is 36.1 Å². The van der Waals surface area contributed by atoms with Crippen LogP contribution in [0.1, 0.15) is 42.9 Å². The molecule has 0 amide bonds. The third-order valence-corrected chi connectivity index (χ3v) is 6.19. The van der Waals surface area contributed by atoms with Gasteiger partial charge in [0.1, 0.15) is 23.3 Å². The highest BCUT2D eigenvalue weighted by molar-refractivity contribution is 5.64. The van der Waals surface area contributed by atoms with Crippen LogP contribution in [0.4, 0.5) is 5.82 Å². The Labute approximate surface area is 174 Å². The van der Waals surface area contributed by atoms with Gasteiger partial charge >= 0.3 is 0 Å². The molecule has 9 heteroatoms. The van der Waals surface area contributed by atoms with Crippen LogP contribution in [0.3, 0.4) is 0 Å². The number of rotatable bonds is 4. The predicted octanol–water partition coefficient (Wildman–Crippen LogP) is 2.20. The van der Waals surface area contributed by atoms with E-state index in [1.54, 1.807) is 18.5 Å². The number of nitriles is 1. The van der Waals surface area contributed by atoms with Gasteiger partial charge in [0, 0.05) is 37.2 Å². The summed E-state index contributed by atoms with van der Waals surface area (Å²) in [5, 5.41) is 14.1. The fourth-order valence-corrected chi connectivity index (χ4v) is 4.69. The summed E-state index contributed by atoms with van der Waals surface area (Å²) in [5.74, 6) is 1.23. The van der Waals surface area contributed by atoms with Gasteiger partial charge in [0.15, 0.2) is 0 Å². The van der Waals surface area contributed by atoms with Gasteiger partial charge in [0.25, 0.3) is 0 Å². The Morgan fingerprint density at radius 2 is 2.27 bits per heavy atom. The van der Waals surface area contributed by atoms with E-state index in [0.717, 1.165) is 48.7 Å². The molecule has 0 aliphatic carbocycles. The summed E-state index contributed by atoms with van der Waals surface area (Å²) in [5.41, 5.74) is 8.40. The van der Waals surface area contributed by atoms with Gasteiger partial charge in [-0.1, -0.05) is 6.92 Å². The van der Waals surface area contributed by atoms with Crippen LogP contribution in [0.5, 0.6) is 0 Å². The van der Waals surface area contributed by atoms with Crippen molar-refractivity contribution >= 4 is 5.82 Å². The van der Waals surface area contributed by atoms with Crippen LogP contribution < -0.4 is 5.73 Å². The first kappa shape index (κ1) is 18.8. The molecule has 3 N–H and O–H groups in total. The molecule has 2 aliphatic rings. The van der Waals surface area contributed by atoms with Gasteiger partial charge in [-0.2, -0.15) is 10.4 Å². The van der Waals surface area contributed by atoms with Crippen LogP contribution in [-0.2, 0) is 16.9 Å². The maximum absolute atomic E-state index is 9.27. The van der Waals surface area contributed by atoms with Crippen molar-refractivity contribution in [3.63, 3.8) is 0 Å². The molecule has 2 aliphatic heterocycles. The fraction of sp³-hybridized carbons (Fsp3) is 0.429. The fourth-order valence-electron chi connectivity index (χ4n) is 4.69. The molecule has 1 fully saturated rings. The second-order valence-electron chi connectivity index (χ2n) is 7.87. The average Bonchev–Trinajstić information content (AvgIpc) is 3.51. The number of nitrogens with one attached hydrogen (secondary N) is 1. The minimum Gasteiger partial charge on any atom is -0.383 e. The molecule has 0 bridgehead atoms. The van der Waals surface area contributed by atoms with E-state index in [1.165, 1.54) is 0 Å². The van der Waals surface area contributed by atoms with E-state index >= 15 is 0 Å². The van der Waals surface area contributed by atoms with Gasteiger partial charge in [-0.25, -0.2) is 9.97 Å². The largest absolute Gasteiger partial charge is 0.383 e. The highest BCUT2D eigenvalue weighted by atomic mass is 16.5. The number of nitrogens with two attached hydrogens (primary N) is 1. The Morgan fingerprint density at radius 1 is 1.37 bits per heavy atom. The maximum atomic E-state index is 9.27. The number of anilines is 1. The van der Waals surface area contributed by atoms with Crippen molar-refractivity contribution in [2.75, 3.05) is 25.4 Å². The Hall–Kier alpha value is -3.22. The summed E-state index contributed by atoms with van der Waals surface area (Å²) in [6.07, 6.45) is 7.22. The van der Waals surface area contributed by atoms with E-state index in [0.29, 0.717) is 18.7 Å². The lowest BCUT2D eigenvalue weighted by atomic mass is 9.96. The lowest BCUT2D eigenvalue weighted by Gasteiger charge is -2.35. The molecule has 3 aromatic rings. The number of fused-ring (bicyclic) bond motifs is 2. The van der Waals surface area contributed by atoms with E-state index in [2.05, 4.69) is 38.9 Å². The first-order chi connectivity index (χ1) is 14.6. The zero-order chi connectivity index (χ0) is 20.7.